The lowest BCUT2D eigenvalue weighted by Crippen LogP contribution is -2.51. The molecule has 5 nitrogen and oxygen atoms in total. The SMILES string of the molecule is COC(C(O)C(O)C(O)C(C)CO)C(C)(C)C. The van der Waals surface area contributed by atoms with E-state index in [1.807, 2.05) is 20.8 Å². The maximum atomic E-state index is 10.0. The fourth-order valence-corrected chi connectivity index (χ4v) is 1.83. The summed E-state index contributed by atoms with van der Waals surface area (Å²) in [6.07, 6.45) is -4.33. The monoisotopic (exact) mass is 250 g/mol. The molecule has 17 heavy (non-hydrogen) atoms. The van der Waals surface area contributed by atoms with E-state index in [0.29, 0.717) is 0 Å². The van der Waals surface area contributed by atoms with Gasteiger partial charge in [0.25, 0.3) is 0 Å². The van der Waals surface area contributed by atoms with Gasteiger partial charge in [0.05, 0.1) is 12.2 Å². The van der Waals surface area contributed by atoms with Crippen LogP contribution in [0.2, 0.25) is 0 Å². The van der Waals surface area contributed by atoms with Crippen molar-refractivity contribution in [1.29, 1.82) is 0 Å². The van der Waals surface area contributed by atoms with E-state index in [9.17, 15) is 15.3 Å². The van der Waals surface area contributed by atoms with Gasteiger partial charge >= 0.3 is 0 Å². The molecule has 5 atom stereocenters. The predicted octanol–water partition coefficient (Wildman–Crippen LogP) is -0.241. The van der Waals surface area contributed by atoms with E-state index in [2.05, 4.69) is 0 Å². The number of aliphatic hydroxyl groups is 4. The molecule has 0 saturated carbocycles. The summed E-state index contributed by atoms with van der Waals surface area (Å²) in [7, 11) is 1.45. The Morgan fingerprint density at radius 1 is 1.00 bits per heavy atom. The summed E-state index contributed by atoms with van der Waals surface area (Å²) in [6.45, 7) is 6.97. The Hall–Kier alpha value is -0.200. The molecule has 0 bridgehead atoms. The molecule has 0 radical (unpaired) electrons. The van der Waals surface area contributed by atoms with Crippen LogP contribution < -0.4 is 0 Å². The zero-order chi connectivity index (χ0) is 13.8. The Morgan fingerprint density at radius 3 is 1.76 bits per heavy atom. The van der Waals surface area contributed by atoms with Gasteiger partial charge in [0, 0.05) is 19.6 Å². The van der Waals surface area contributed by atoms with E-state index in [-0.39, 0.29) is 12.0 Å². The second-order valence-electron chi connectivity index (χ2n) is 5.65. The summed E-state index contributed by atoms with van der Waals surface area (Å²) in [5.74, 6) is -0.503. The highest BCUT2D eigenvalue weighted by atomic mass is 16.5. The molecular weight excluding hydrogens is 224 g/mol. The summed E-state index contributed by atoms with van der Waals surface area (Å²) >= 11 is 0. The summed E-state index contributed by atoms with van der Waals surface area (Å²) < 4.78 is 5.18. The minimum atomic E-state index is -1.35. The summed E-state index contributed by atoms with van der Waals surface area (Å²) in [5, 5.41) is 38.5. The van der Waals surface area contributed by atoms with Crippen molar-refractivity contribution in [3.8, 4) is 0 Å². The van der Waals surface area contributed by atoms with Gasteiger partial charge in [0.1, 0.15) is 12.2 Å². The second-order valence-corrected chi connectivity index (χ2v) is 5.65. The number of methoxy groups -OCH3 is 1. The fraction of sp³-hybridized carbons (Fsp3) is 1.00. The zero-order valence-corrected chi connectivity index (χ0v) is 11.3. The Bertz CT molecular complexity index is 213. The van der Waals surface area contributed by atoms with Crippen molar-refractivity contribution in [1.82, 2.24) is 0 Å². The molecular formula is C12H26O5. The van der Waals surface area contributed by atoms with Gasteiger partial charge in [-0.2, -0.15) is 0 Å². The van der Waals surface area contributed by atoms with E-state index < -0.39 is 30.3 Å². The van der Waals surface area contributed by atoms with Crippen LogP contribution in [0, 0.1) is 11.3 Å². The van der Waals surface area contributed by atoms with Crippen LogP contribution >= 0.6 is 0 Å². The third-order valence-corrected chi connectivity index (χ3v) is 2.99. The molecule has 0 aromatic heterocycles. The molecule has 0 amide bonds. The van der Waals surface area contributed by atoms with Crippen molar-refractivity contribution in [2.75, 3.05) is 13.7 Å². The molecule has 0 rings (SSSR count). The van der Waals surface area contributed by atoms with Gasteiger partial charge in [-0.05, 0) is 5.41 Å². The van der Waals surface area contributed by atoms with Crippen LogP contribution in [-0.2, 0) is 4.74 Å². The number of ether oxygens (including phenoxy) is 1. The van der Waals surface area contributed by atoms with Gasteiger partial charge in [-0.15, -0.1) is 0 Å². The van der Waals surface area contributed by atoms with Crippen LogP contribution in [0.1, 0.15) is 27.7 Å². The van der Waals surface area contributed by atoms with Crippen LogP contribution in [0.25, 0.3) is 0 Å². The minimum absolute atomic E-state index is 0.252. The third-order valence-electron chi connectivity index (χ3n) is 2.99. The lowest BCUT2D eigenvalue weighted by atomic mass is 9.82. The third kappa shape index (κ3) is 4.52. The Kier molecular flexibility index (Phi) is 6.58. The largest absolute Gasteiger partial charge is 0.396 e. The van der Waals surface area contributed by atoms with Gasteiger partial charge in [-0.1, -0.05) is 27.7 Å². The van der Waals surface area contributed by atoms with Crippen molar-refractivity contribution >= 4 is 0 Å². The van der Waals surface area contributed by atoms with Crippen molar-refractivity contribution in [3.05, 3.63) is 0 Å². The number of aliphatic hydroxyl groups excluding tert-OH is 4. The molecule has 5 heteroatoms. The van der Waals surface area contributed by atoms with Crippen molar-refractivity contribution < 1.29 is 25.2 Å². The molecule has 4 N–H and O–H groups in total. The van der Waals surface area contributed by atoms with Crippen molar-refractivity contribution in [3.63, 3.8) is 0 Å². The van der Waals surface area contributed by atoms with Crippen LogP contribution in [0.15, 0.2) is 0 Å². The fourth-order valence-electron chi connectivity index (χ4n) is 1.83. The first kappa shape index (κ1) is 16.8. The van der Waals surface area contributed by atoms with Gasteiger partial charge in [0.15, 0.2) is 0 Å². The topological polar surface area (TPSA) is 90.2 Å². The average Bonchev–Trinajstić information content (AvgIpc) is 2.24. The van der Waals surface area contributed by atoms with Gasteiger partial charge in [-0.25, -0.2) is 0 Å². The first-order chi connectivity index (χ1) is 7.66. The molecule has 0 aromatic rings. The summed E-state index contributed by atoms with van der Waals surface area (Å²) in [5.41, 5.74) is -0.364. The summed E-state index contributed by atoms with van der Waals surface area (Å²) in [4.78, 5) is 0. The Balaban J connectivity index is 4.72. The molecule has 0 spiro atoms. The van der Waals surface area contributed by atoms with Gasteiger partial charge in [-0.3, -0.25) is 0 Å². The smallest absolute Gasteiger partial charge is 0.109 e. The van der Waals surface area contributed by atoms with E-state index in [0.717, 1.165) is 0 Å². The summed E-state index contributed by atoms with van der Waals surface area (Å²) in [6, 6.07) is 0. The van der Waals surface area contributed by atoms with Crippen LogP contribution in [0.4, 0.5) is 0 Å². The standard InChI is InChI=1S/C12H26O5/c1-7(6-13)8(14)9(15)10(16)11(17-5)12(2,3)4/h7-11,13-16H,6H2,1-5H3. The second kappa shape index (κ2) is 6.66. The first-order valence-corrected chi connectivity index (χ1v) is 5.84. The number of hydrogen-bond acceptors (Lipinski definition) is 5. The lowest BCUT2D eigenvalue weighted by molar-refractivity contribution is -0.152. The normalized spacial score (nSPS) is 21.7. The molecule has 0 aliphatic carbocycles. The van der Waals surface area contributed by atoms with Crippen molar-refractivity contribution in [2.24, 2.45) is 11.3 Å². The van der Waals surface area contributed by atoms with E-state index in [4.69, 9.17) is 9.84 Å². The molecule has 0 saturated heterocycles. The van der Waals surface area contributed by atoms with E-state index >= 15 is 0 Å². The highest BCUT2D eigenvalue weighted by molar-refractivity contribution is 4.89. The van der Waals surface area contributed by atoms with Crippen LogP contribution in [0.5, 0.6) is 0 Å². The first-order valence-electron chi connectivity index (χ1n) is 5.84. The van der Waals surface area contributed by atoms with Gasteiger partial charge in [0.2, 0.25) is 0 Å². The maximum Gasteiger partial charge on any atom is 0.109 e. The number of rotatable bonds is 6. The van der Waals surface area contributed by atoms with Crippen LogP contribution in [0.3, 0.4) is 0 Å². The van der Waals surface area contributed by atoms with E-state index in [1.165, 1.54) is 7.11 Å². The zero-order valence-electron chi connectivity index (χ0n) is 11.3. The highest BCUT2D eigenvalue weighted by Crippen LogP contribution is 2.27. The Labute approximate surface area is 103 Å². The average molecular weight is 250 g/mol. The molecule has 0 aliphatic heterocycles. The van der Waals surface area contributed by atoms with Gasteiger partial charge < -0.3 is 25.2 Å². The minimum Gasteiger partial charge on any atom is -0.396 e. The molecule has 0 fully saturated rings. The Morgan fingerprint density at radius 2 is 1.47 bits per heavy atom. The molecule has 0 aliphatic rings. The maximum absolute atomic E-state index is 10.0. The quantitative estimate of drug-likeness (QED) is 0.522. The lowest BCUT2D eigenvalue weighted by Gasteiger charge is -2.37. The molecule has 5 unspecified atom stereocenters. The molecule has 0 heterocycles. The van der Waals surface area contributed by atoms with E-state index in [1.54, 1.807) is 6.92 Å². The van der Waals surface area contributed by atoms with Crippen molar-refractivity contribution in [2.45, 2.75) is 52.1 Å². The molecule has 0 aromatic carbocycles. The van der Waals surface area contributed by atoms with Crippen LogP contribution in [-0.4, -0.2) is 58.6 Å². The molecule has 104 valence electrons. The highest BCUT2D eigenvalue weighted by Gasteiger charge is 2.39. The number of hydrogen-bond donors (Lipinski definition) is 4. The predicted molar refractivity (Wildman–Crippen MR) is 64.5 cm³/mol.